The molecule has 1 aromatic heterocycles. The zero-order valence-corrected chi connectivity index (χ0v) is 12.8. The zero-order chi connectivity index (χ0) is 13.4. The van der Waals surface area contributed by atoms with E-state index in [1.54, 1.807) is 11.3 Å². The van der Waals surface area contributed by atoms with E-state index in [1.807, 2.05) is 24.4 Å². The van der Waals surface area contributed by atoms with E-state index in [9.17, 15) is 0 Å². The molecule has 6 heteroatoms. The second-order valence-corrected chi connectivity index (χ2v) is 6.06. The van der Waals surface area contributed by atoms with Gasteiger partial charge in [0.1, 0.15) is 18.2 Å². The van der Waals surface area contributed by atoms with Crippen LogP contribution < -0.4 is 15.2 Å². The fourth-order valence-corrected chi connectivity index (χ4v) is 3.33. The largest absolute Gasteiger partial charge is 0.486 e. The quantitative estimate of drug-likeness (QED) is 0.910. The van der Waals surface area contributed by atoms with Crippen LogP contribution in [0, 0.1) is 0 Å². The van der Waals surface area contributed by atoms with Gasteiger partial charge in [0.2, 0.25) is 0 Å². The van der Waals surface area contributed by atoms with Crippen molar-refractivity contribution in [3.05, 3.63) is 27.7 Å². The molecule has 1 atom stereocenters. The van der Waals surface area contributed by atoms with Crippen LogP contribution in [0.4, 0.5) is 0 Å². The summed E-state index contributed by atoms with van der Waals surface area (Å²) in [5.41, 5.74) is 7.75. The first-order chi connectivity index (χ1) is 9.15. The predicted molar refractivity (Wildman–Crippen MR) is 78.8 cm³/mol. The maximum absolute atomic E-state index is 5.84. The van der Waals surface area contributed by atoms with E-state index in [0.29, 0.717) is 13.2 Å². The number of hydrogen-bond donors (Lipinski definition) is 1. The minimum Gasteiger partial charge on any atom is -0.486 e. The molecule has 1 aliphatic heterocycles. The summed E-state index contributed by atoms with van der Waals surface area (Å²) in [5, 5.41) is 2.93. The summed E-state index contributed by atoms with van der Waals surface area (Å²) in [6.07, 6.45) is 0. The molecule has 0 radical (unpaired) electrons. The van der Waals surface area contributed by atoms with Gasteiger partial charge in [0, 0.05) is 17.0 Å². The Morgan fingerprint density at radius 2 is 2.16 bits per heavy atom. The number of aromatic nitrogens is 1. The predicted octanol–water partition coefficient (Wildman–Crippen LogP) is 3.36. The van der Waals surface area contributed by atoms with Crippen LogP contribution in [0.1, 0.15) is 18.7 Å². The normalized spacial score (nSPS) is 15.3. The van der Waals surface area contributed by atoms with Crippen molar-refractivity contribution in [2.24, 2.45) is 5.73 Å². The number of benzene rings is 1. The Kier molecular flexibility index (Phi) is 3.47. The first-order valence-corrected chi connectivity index (χ1v) is 7.63. The number of halogens is 1. The van der Waals surface area contributed by atoms with Gasteiger partial charge in [0.05, 0.1) is 10.2 Å². The summed E-state index contributed by atoms with van der Waals surface area (Å²) in [6.45, 7) is 3.08. The number of nitrogens with two attached hydrogens (primary N) is 1. The van der Waals surface area contributed by atoms with Crippen molar-refractivity contribution >= 4 is 27.3 Å². The van der Waals surface area contributed by atoms with Gasteiger partial charge in [-0.05, 0) is 35.0 Å². The molecule has 100 valence electrons. The average molecular weight is 341 g/mol. The van der Waals surface area contributed by atoms with Crippen molar-refractivity contribution in [1.82, 2.24) is 4.98 Å². The molecule has 0 fully saturated rings. The molecule has 0 aliphatic carbocycles. The van der Waals surface area contributed by atoms with Gasteiger partial charge < -0.3 is 15.2 Å². The number of ether oxygens (including phenoxy) is 2. The molecule has 2 aromatic rings. The third kappa shape index (κ3) is 2.48. The van der Waals surface area contributed by atoms with Crippen LogP contribution in [0.2, 0.25) is 0 Å². The molecule has 3 rings (SSSR count). The highest BCUT2D eigenvalue weighted by atomic mass is 79.9. The molecule has 0 saturated carbocycles. The fraction of sp³-hybridized carbons (Fsp3) is 0.308. The van der Waals surface area contributed by atoms with Crippen LogP contribution >= 0.6 is 27.3 Å². The van der Waals surface area contributed by atoms with Crippen LogP contribution in [-0.4, -0.2) is 18.2 Å². The minimum absolute atomic E-state index is 0.0503. The molecule has 0 amide bonds. The second kappa shape index (κ2) is 5.11. The van der Waals surface area contributed by atoms with E-state index < -0.39 is 0 Å². The molecule has 0 saturated heterocycles. The van der Waals surface area contributed by atoms with Crippen LogP contribution in [0.5, 0.6) is 11.5 Å². The smallest absolute Gasteiger partial charge is 0.175 e. The maximum atomic E-state index is 5.84. The van der Waals surface area contributed by atoms with Crippen molar-refractivity contribution in [1.29, 1.82) is 0 Å². The van der Waals surface area contributed by atoms with Crippen LogP contribution in [0.3, 0.4) is 0 Å². The molecule has 1 unspecified atom stereocenters. The highest BCUT2D eigenvalue weighted by Crippen LogP contribution is 2.41. The molecule has 0 spiro atoms. The lowest BCUT2D eigenvalue weighted by atomic mass is 10.2. The molecular weight excluding hydrogens is 328 g/mol. The maximum Gasteiger partial charge on any atom is 0.175 e. The van der Waals surface area contributed by atoms with Crippen LogP contribution in [0.25, 0.3) is 10.6 Å². The summed E-state index contributed by atoms with van der Waals surface area (Å²) in [4.78, 5) is 4.55. The van der Waals surface area contributed by atoms with Gasteiger partial charge in [-0.3, -0.25) is 0 Å². The lowest BCUT2D eigenvalue weighted by Gasteiger charge is -2.20. The molecule has 1 aliphatic rings. The molecule has 4 nitrogen and oxygen atoms in total. The minimum atomic E-state index is -0.0503. The van der Waals surface area contributed by atoms with E-state index >= 15 is 0 Å². The summed E-state index contributed by atoms with van der Waals surface area (Å²) in [5.74, 6) is 1.52. The second-order valence-electron chi connectivity index (χ2n) is 4.35. The Morgan fingerprint density at radius 1 is 1.37 bits per heavy atom. The fourth-order valence-electron chi connectivity index (χ4n) is 1.86. The Labute approximate surface area is 123 Å². The van der Waals surface area contributed by atoms with Crippen molar-refractivity contribution in [2.75, 3.05) is 13.2 Å². The molecule has 2 heterocycles. The van der Waals surface area contributed by atoms with E-state index in [1.165, 1.54) is 0 Å². The first kappa shape index (κ1) is 12.9. The Balaban J connectivity index is 2.02. The third-order valence-corrected chi connectivity index (χ3v) is 4.33. The van der Waals surface area contributed by atoms with Gasteiger partial charge in [-0.15, -0.1) is 11.3 Å². The van der Waals surface area contributed by atoms with Crippen molar-refractivity contribution in [2.45, 2.75) is 13.0 Å². The van der Waals surface area contributed by atoms with Gasteiger partial charge >= 0.3 is 0 Å². The van der Waals surface area contributed by atoms with E-state index in [0.717, 1.165) is 32.2 Å². The van der Waals surface area contributed by atoms with E-state index in [-0.39, 0.29) is 6.04 Å². The molecular formula is C13H13BrN2O2S. The van der Waals surface area contributed by atoms with Crippen LogP contribution in [-0.2, 0) is 0 Å². The van der Waals surface area contributed by atoms with Gasteiger partial charge in [0.25, 0.3) is 0 Å². The number of thiazole rings is 1. The third-order valence-electron chi connectivity index (χ3n) is 2.83. The summed E-state index contributed by atoms with van der Waals surface area (Å²) in [6, 6.07) is 3.91. The Morgan fingerprint density at radius 3 is 2.89 bits per heavy atom. The Bertz CT molecular complexity index is 613. The highest BCUT2D eigenvalue weighted by Gasteiger charge is 2.18. The number of fused-ring (bicyclic) bond motifs is 1. The van der Waals surface area contributed by atoms with Crippen molar-refractivity contribution < 1.29 is 9.47 Å². The zero-order valence-electron chi connectivity index (χ0n) is 10.4. The average Bonchev–Trinajstić information content (AvgIpc) is 2.88. The van der Waals surface area contributed by atoms with Crippen LogP contribution in [0.15, 0.2) is 22.0 Å². The topological polar surface area (TPSA) is 57.4 Å². The van der Waals surface area contributed by atoms with E-state index in [4.69, 9.17) is 15.2 Å². The van der Waals surface area contributed by atoms with Crippen molar-refractivity contribution in [3.8, 4) is 22.1 Å². The van der Waals surface area contributed by atoms with Crippen molar-refractivity contribution in [3.63, 3.8) is 0 Å². The van der Waals surface area contributed by atoms with Gasteiger partial charge in [0.15, 0.2) is 11.5 Å². The summed E-state index contributed by atoms with van der Waals surface area (Å²) >= 11 is 5.10. The van der Waals surface area contributed by atoms with Gasteiger partial charge in [-0.1, -0.05) is 0 Å². The summed E-state index contributed by atoms with van der Waals surface area (Å²) < 4.78 is 12.1. The van der Waals surface area contributed by atoms with Gasteiger partial charge in [-0.25, -0.2) is 4.98 Å². The number of hydrogen-bond acceptors (Lipinski definition) is 5. The Hall–Kier alpha value is -1.11. The SMILES string of the molecule is CC(N)c1csc(-c2cc(Br)c3c(c2)OCCO3)n1. The number of rotatable bonds is 2. The molecule has 19 heavy (non-hydrogen) atoms. The molecule has 1 aromatic carbocycles. The van der Waals surface area contributed by atoms with E-state index in [2.05, 4.69) is 20.9 Å². The molecule has 2 N–H and O–H groups in total. The standard InChI is InChI=1S/C13H13BrN2O2S/c1-7(15)10-6-19-13(16-10)8-4-9(14)12-11(5-8)17-2-3-18-12/h4-7H,2-3,15H2,1H3. The number of nitrogens with zero attached hydrogens (tertiary/aromatic N) is 1. The van der Waals surface area contributed by atoms with Gasteiger partial charge in [-0.2, -0.15) is 0 Å². The summed E-state index contributed by atoms with van der Waals surface area (Å²) in [7, 11) is 0. The highest BCUT2D eigenvalue weighted by molar-refractivity contribution is 9.10. The monoisotopic (exact) mass is 340 g/mol. The lowest BCUT2D eigenvalue weighted by Crippen LogP contribution is -2.15. The molecule has 0 bridgehead atoms. The first-order valence-electron chi connectivity index (χ1n) is 5.95. The lowest BCUT2D eigenvalue weighted by molar-refractivity contribution is 0.170.